The summed E-state index contributed by atoms with van der Waals surface area (Å²) in [5, 5.41) is 0. The average molecular weight is 224 g/mol. The van der Waals surface area contributed by atoms with Crippen molar-refractivity contribution in [3.63, 3.8) is 0 Å². The molecule has 2 fully saturated rings. The lowest BCUT2D eigenvalue weighted by molar-refractivity contribution is -0.158. The number of carbonyl (C=O) groups excluding carboxylic acids is 2. The van der Waals surface area contributed by atoms with Crippen molar-refractivity contribution >= 4 is 11.8 Å². The predicted molar refractivity (Wildman–Crippen MR) is 59.8 cm³/mol. The molecular weight excluding hydrogens is 204 g/mol. The molecule has 0 amide bonds. The van der Waals surface area contributed by atoms with Crippen LogP contribution in [-0.4, -0.2) is 17.9 Å². The van der Waals surface area contributed by atoms with Gasteiger partial charge in [0.2, 0.25) is 0 Å². The molecule has 0 spiro atoms. The summed E-state index contributed by atoms with van der Waals surface area (Å²) in [7, 11) is 0. The molecule has 2 bridgehead atoms. The van der Waals surface area contributed by atoms with Crippen LogP contribution in [0, 0.1) is 16.2 Å². The first-order valence-electron chi connectivity index (χ1n) is 5.86. The minimum atomic E-state index is -0.507. The Bertz CT molecular complexity index is 371. The second-order valence-corrected chi connectivity index (χ2v) is 6.29. The molecule has 0 N–H and O–H groups in total. The zero-order valence-corrected chi connectivity index (χ0v) is 10.7. The summed E-state index contributed by atoms with van der Waals surface area (Å²) in [4.78, 5) is 23.3. The Labute approximate surface area is 96.5 Å². The molecule has 2 rings (SSSR count). The Morgan fingerprint density at radius 2 is 1.88 bits per heavy atom. The van der Waals surface area contributed by atoms with Gasteiger partial charge < -0.3 is 4.74 Å². The van der Waals surface area contributed by atoms with E-state index in [0.29, 0.717) is 6.42 Å². The highest BCUT2D eigenvalue weighted by Gasteiger charge is 2.73. The lowest BCUT2D eigenvalue weighted by Crippen LogP contribution is -2.43. The van der Waals surface area contributed by atoms with E-state index >= 15 is 0 Å². The van der Waals surface area contributed by atoms with E-state index in [1.54, 1.807) is 0 Å². The number of esters is 1. The summed E-state index contributed by atoms with van der Waals surface area (Å²) >= 11 is 0. The van der Waals surface area contributed by atoms with E-state index in [9.17, 15) is 9.59 Å². The van der Waals surface area contributed by atoms with Crippen LogP contribution in [0.1, 0.15) is 47.5 Å². The van der Waals surface area contributed by atoms with E-state index < -0.39 is 5.41 Å². The number of rotatable bonds is 1. The number of hydrogen-bond acceptors (Lipinski definition) is 3. The normalized spacial score (nSPS) is 44.8. The van der Waals surface area contributed by atoms with Crippen LogP contribution in [0.25, 0.3) is 0 Å². The molecule has 0 saturated heterocycles. The van der Waals surface area contributed by atoms with Crippen molar-refractivity contribution in [2.45, 2.75) is 53.6 Å². The van der Waals surface area contributed by atoms with Crippen LogP contribution in [0.4, 0.5) is 0 Å². The van der Waals surface area contributed by atoms with Gasteiger partial charge in [-0.1, -0.05) is 20.8 Å². The number of fused-ring (bicyclic) bond motifs is 2. The van der Waals surface area contributed by atoms with Crippen molar-refractivity contribution in [2.24, 2.45) is 16.2 Å². The Balaban J connectivity index is 2.44. The molecule has 0 aliphatic heterocycles. The van der Waals surface area contributed by atoms with Crippen LogP contribution >= 0.6 is 0 Å². The summed E-state index contributed by atoms with van der Waals surface area (Å²) < 4.78 is 5.36. The summed E-state index contributed by atoms with van der Waals surface area (Å²) in [6, 6.07) is 0. The Morgan fingerprint density at radius 1 is 1.31 bits per heavy atom. The Kier molecular flexibility index (Phi) is 2.09. The van der Waals surface area contributed by atoms with Crippen LogP contribution in [0.5, 0.6) is 0 Å². The summed E-state index contributed by atoms with van der Waals surface area (Å²) in [6.45, 7) is 9.76. The maximum atomic E-state index is 12.2. The lowest BCUT2D eigenvalue weighted by atomic mass is 9.65. The Hall–Kier alpha value is -0.860. The number of hydrogen-bond donors (Lipinski definition) is 0. The molecule has 2 saturated carbocycles. The highest BCUT2D eigenvalue weighted by atomic mass is 16.5. The van der Waals surface area contributed by atoms with Gasteiger partial charge in [0.15, 0.2) is 0 Å². The zero-order chi connectivity index (χ0) is 12.4. The Morgan fingerprint density at radius 3 is 2.25 bits per heavy atom. The van der Waals surface area contributed by atoms with Crippen molar-refractivity contribution in [1.82, 2.24) is 0 Å². The summed E-state index contributed by atoms with van der Waals surface area (Å²) in [6.07, 6.45) is 1.18. The van der Waals surface area contributed by atoms with E-state index in [0.717, 1.165) is 6.42 Å². The fourth-order valence-corrected chi connectivity index (χ4v) is 3.62. The van der Waals surface area contributed by atoms with Gasteiger partial charge in [-0.2, -0.15) is 0 Å². The fourth-order valence-electron chi connectivity index (χ4n) is 3.62. The van der Waals surface area contributed by atoms with Crippen molar-refractivity contribution in [3.8, 4) is 0 Å². The lowest BCUT2D eigenvalue weighted by Gasteiger charge is -2.38. The monoisotopic (exact) mass is 224 g/mol. The van der Waals surface area contributed by atoms with Crippen LogP contribution in [-0.2, 0) is 14.3 Å². The van der Waals surface area contributed by atoms with Gasteiger partial charge in [0.1, 0.15) is 11.9 Å². The van der Waals surface area contributed by atoms with E-state index in [-0.39, 0.29) is 28.7 Å². The SMILES string of the molecule is CC(=O)OC1CC2(C)CC(=O)C1(C)C2(C)C. The first-order valence-corrected chi connectivity index (χ1v) is 5.86. The standard InChI is InChI=1S/C13H20O3/c1-8(14)16-10-7-12(4)6-9(15)13(10,5)11(12,2)3/h10H,6-7H2,1-5H3. The smallest absolute Gasteiger partial charge is 0.302 e. The zero-order valence-electron chi connectivity index (χ0n) is 10.7. The highest BCUT2D eigenvalue weighted by Crippen LogP contribution is 2.70. The predicted octanol–water partition coefficient (Wildman–Crippen LogP) is 2.33. The van der Waals surface area contributed by atoms with Crippen LogP contribution in [0.2, 0.25) is 0 Å². The van der Waals surface area contributed by atoms with Gasteiger partial charge in [0.25, 0.3) is 0 Å². The summed E-state index contributed by atoms with van der Waals surface area (Å²) in [5.41, 5.74) is -0.635. The van der Waals surface area contributed by atoms with Crippen LogP contribution < -0.4 is 0 Å². The molecule has 0 aromatic carbocycles. The molecule has 2 aliphatic rings. The van der Waals surface area contributed by atoms with Gasteiger partial charge in [-0.05, 0) is 24.2 Å². The average Bonchev–Trinajstić information content (AvgIpc) is 2.31. The van der Waals surface area contributed by atoms with Gasteiger partial charge >= 0.3 is 5.97 Å². The van der Waals surface area contributed by atoms with Gasteiger partial charge in [-0.15, -0.1) is 0 Å². The number of Topliss-reactive ketones (excluding diaryl/α,β-unsaturated/α-hetero) is 1. The molecule has 3 nitrogen and oxygen atoms in total. The second-order valence-electron chi connectivity index (χ2n) is 6.29. The van der Waals surface area contributed by atoms with E-state index in [1.165, 1.54) is 6.92 Å². The molecule has 0 aromatic rings. The van der Waals surface area contributed by atoms with Gasteiger partial charge in [0.05, 0.1) is 5.41 Å². The molecule has 0 radical (unpaired) electrons. The number of ether oxygens (including phenoxy) is 1. The highest BCUT2D eigenvalue weighted by molar-refractivity contribution is 5.91. The molecule has 0 aromatic heterocycles. The first-order chi connectivity index (χ1) is 7.15. The third kappa shape index (κ3) is 1.04. The summed E-state index contributed by atoms with van der Waals surface area (Å²) in [5.74, 6) is -0.0384. The molecule has 2 aliphatic carbocycles. The molecule has 16 heavy (non-hydrogen) atoms. The third-order valence-corrected chi connectivity index (χ3v) is 5.53. The first kappa shape index (κ1) is 11.6. The molecule has 3 atom stereocenters. The topological polar surface area (TPSA) is 43.4 Å². The van der Waals surface area contributed by atoms with Crippen LogP contribution in [0.3, 0.4) is 0 Å². The second kappa shape index (κ2) is 2.88. The molecule has 3 unspecified atom stereocenters. The van der Waals surface area contributed by atoms with E-state index in [1.807, 2.05) is 6.92 Å². The minimum Gasteiger partial charge on any atom is -0.461 e. The van der Waals surface area contributed by atoms with E-state index in [4.69, 9.17) is 4.74 Å². The van der Waals surface area contributed by atoms with Crippen molar-refractivity contribution in [2.75, 3.05) is 0 Å². The number of ketones is 1. The maximum absolute atomic E-state index is 12.2. The number of carbonyl (C=O) groups is 2. The van der Waals surface area contributed by atoms with Gasteiger partial charge in [0, 0.05) is 13.3 Å². The molecule has 0 heterocycles. The minimum absolute atomic E-state index is 0.0288. The van der Waals surface area contributed by atoms with Crippen molar-refractivity contribution in [1.29, 1.82) is 0 Å². The largest absolute Gasteiger partial charge is 0.461 e. The maximum Gasteiger partial charge on any atom is 0.302 e. The van der Waals surface area contributed by atoms with E-state index in [2.05, 4.69) is 20.8 Å². The quantitative estimate of drug-likeness (QED) is 0.642. The van der Waals surface area contributed by atoms with Gasteiger partial charge in [-0.3, -0.25) is 9.59 Å². The fraction of sp³-hybridized carbons (Fsp3) is 0.846. The third-order valence-electron chi connectivity index (χ3n) is 5.53. The van der Waals surface area contributed by atoms with Gasteiger partial charge in [-0.25, -0.2) is 0 Å². The van der Waals surface area contributed by atoms with Crippen molar-refractivity contribution in [3.05, 3.63) is 0 Å². The molecular formula is C13H20O3. The van der Waals surface area contributed by atoms with Crippen LogP contribution in [0.15, 0.2) is 0 Å². The molecule has 90 valence electrons. The van der Waals surface area contributed by atoms with Crippen molar-refractivity contribution < 1.29 is 14.3 Å². The molecule has 3 heteroatoms.